The molecule has 0 bridgehead atoms. The summed E-state index contributed by atoms with van der Waals surface area (Å²) in [6.45, 7) is 3.09. The molecule has 1 aromatic heterocycles. The van der Waals surface area contributed by atoms with Crippen molar-refractivity contribution in [2.75, 3.05) is 13.2 Å². The number of nitrogens with zero attached hydrogens (tertiary/aromatic N) is 1. The number of benzene rings is 2. The molecule has 0 aliphatic rings. The Balaban J connectivity index is 1.49. The molecule has 144 valence electrons. The number of sulfonamides is 1. The van der Waals surface area contributed by atoms with Crippen LogP contribution in [0.25, 0.3) is 11.0 Å². The monoisotopic (exact) mass is 387 g/mol. The minimum Gasteiger partial charge on any atom is -0.494 e. The molecule has 0 amide bonds. The second-order valence-electron chi connectivity index (χ2n) is 6.38. The molecule has 0 spiro atoms. The maximum Gasteiger partial charge on any atom is 0.240 e. The number of para-hydroxylation sites is 2. The topological polar surface area (TPSA) is 84.1 Å². The molecule has 0 aliphatic heterocycles. The van der Waals surface area contributed by atoms with Gasteiger partial charge in [0.05, 0.1) is 22.5 Å². The number of fused-ring (bicyclic) bond motifs is 1. The fraction of sp³-hybridized carbons (Fsp3) is 0.350. The van der Waals surface area contributed by atoms with Gasteiger partial charge in [-0.15, -0.1) is 0 Å². The highest BCUT2D eigenvalue weighted by Gasteiger charge is 2.13. The molecular formula is C20H25N3O3S. The van der Waals surface area contributed by atoms with Crippen LogP contribution in [0.5, 0.6) is 5.75 Å². The van der Waals surface area contributed by atoms with Crippen LogP contribution in [-0.4, -0.2) is 31.5 Å². The number of aromatic nitrogens is 2. The van der Waals surface area contributed by atoms with Gasteiger partial charge in [-0.3, -0.25) is 0 Å². The summed E-state index contributed by atoms with van der Waals surface area (Å²) >= 11 is 0. The largest absolute Gasteiger partial charge is 0.494 e. The van der Waals surface area contributed by atoms with Crippen LogP contribution in [0.2, 0.25) is 0 Å². The summed E-state index contributed by atoms with van der Waals surface area (Å²) in [6.07, 6.45) is 3.38. The molecule has 3 aromatic rings. The first-order valence-corrected chi connectivity index (χ1v) is 10.7. The van der Waals surface area contributed by atoms with Gasteiger partial charge in [0.25, 0.3) is 0 Å². The summed E-state index contributed by atoms with van der Waals surface area (Å²) in [7, 11) is -3.52. The summed E-state index contributed by atoms with van der Waals surface area (Å²) < 4.78 is 33.0. The lowest BCUT2D eigenvalue weighted by molar-refractivity contribution is 0.309. The number of unbranched alkanes of at least 4 members (excludes halogenated alkanes) is 1. The first kappa shape index (κ1) is 19.4. The number of hydrogen-bond donors (Lipinski definition) is 2. The van der Waals surface area contributed by atoms with Crippen LogP contribution < -0.4 is 9.46 Å². The van der Waals surface area contributed by atoms with Gasteiger partial charge >= 0.3 is 0 Å². The van der Waals surface area contributed by atoms with Crippen LogP contribution in [0.1, 0.15) is 32.0 Å². The molecule has 2 N–H and O–H groups in total. The number of imidazole rings is 1. The maximum atomic E-state index is 12.4. The SMILES string of the molecule is CCCCOc1ccc(S(=O)(=O)NCCCc2nc3ccccc3[nH]2)cc1. The van der Waals surface area contributed by atoms with E-state index in [-0.39, 0.29) is 4.90 Å². The number of nitrogens with one attached hydrogen (secondary N) is 2. The van der Waals surface area contributed by atoms with Crippen molar-refractivity contribution in [1.82, 2.24) is 14.7 Å². The van der Waals surface area contributed by atoms with E-state index in [4.69, 9.17) is 4.74 Å². The van der Waals surface area contributed by atoms with Gasteiger partial charge in [-0.05, 0) is 49.2 Å². The van der Waals surface area contributed by atoms with Crippen LogP contribution in [-0.2, 0) is 16.4 Å². The standard InChI is InChI=1S/C20H25N3O3S/c1-2-3-15-26-16-10-12-17(13-11-16)27(24,25)21-14-6-9-20-22-18-7-4-5-8-19(18)23-20/h4-5,7-8,10-13,21H,2-3,6,9,14-15H2,1H3,(H,22,23). The van der Waals surface area contributed by atoms with E-state index in [0.29, 0.717) is 31.7 Å². The molecule has 0 atom stereocenters. The van der Waals surface area contributed by atoms with Crippen molar-refractivity contribution in [2.45, 2.75) is 37.5 Å². The predicted molar refractivity (Wildman–Crippen MR) is 106 cm³/mol. The highest BCUT2D eigenvalue weighted by molar-refractivity contribution is 7.89. The lowest BCUT2D eigenvalue weighted by Gasteiger charge is -2.08. The van der Waals surface area contributed by atoms with E-state index in [1.807, 2.05) is 24.3 Å². The zero-order valence-electron chi connectivity index (χ0n) is 15.4. The average molecular weight is 388 g/mol. The summed E-state index contributed by atoms with van der Waals surface area (Å²) in [4.78, 5) is 7.99. The van der Waals surface area contributed by atoms with Gasteiger partial charge in [0.15, 0.2) is 0 Å². The van der Waals surface area contributed by atoms with E-state index in [0.717, 1.165) is 29.7 Å². The van der Waals surface area contributed by atoms with Gasteiger partial charge in [0.1, 0.15) is 11.6 Å². The molecule has 0 fully saturated rings. The van der Waals surface area contributed by atoms with E-state index in [1.54, 1.807) is 24.3 Å². The minimum atomic E-state index is -3.52. The van der Waals surface area contributed by atoms with Gasteiger partial charge in [-0.25, -0.2) is 18.1 Å². The van der Waals surface area contributed by atoms with Crippen molar-refractivity contribution in [3.8, 4) is 5.75 Å². The third-order valence-electron chi connectivity index (χ3n) is 4.22. The predicted octanol–water partition coefficient (Wildman–Crippen LogP) is 3.65. The Kier molecular flexibility index (Phi) is 6.47. The summed E-state index contributed by atoms with van der Waals surface area (Å²) in [5.74, 6) is 1.55. The number of aromatic amines is 1. The Morgan fingerprint density at radius 1 is 1.07 bits per heavy atom. The Bertz CT molecular complexity index is 933. The molecule has 0 radical (unpaired) electrons. The molecular weight excluding hydrogens is 362 g/mol. The molecule has 0 aliphatic carbocycles. The Hall–Kier alpha value is -2.38. The fourth-order valence-corrected chi connectivity index (χ4v) is 3.79. The lowest BCUT2D eigenvalue weighted by Crippen LogP contribution is -2.25. The Morgan fingerprint density at radius 2 is 1.85 bits per heavy atom. The number of ether oxygens (including phenoxy) is 1. The van der Waals surface area contributed by atoms with Crippen LogP contribution in [0.4, 0.5) is 0 Å². The zero-order chi connectivity index (χ0) is 19.1. The molecule has 0 saturated carbocycles. The second kappa shape index (κ2) is 9.01. The second-order valence-corrected chi connectivity index (χ2v) is 8.14. The van der Waals surface area contributed by atoms with E-state index < -0.39 is 10.0 Å². The summed E-state index contributed by atoms with van der Waals surface area (Å²) in [5.41, 5.74) is 1.92. The molecule has 7 heteroatoms. The number of H-pyrrole nitrogens is 1. The molecule has 6 nitrogen and oxygen atoms in total. The van der Waals surface area contributed by atoms with Crippen molar-refractivity contribution in [3.63, 3.8) is 0 Å². The molecule has 27 heavy (non-hydrogen) atoms. The van der Waals surface area contributed by atoms with E-state index in [1.165, 1.54) is 0 Å². The first-order valence-electron chi connectivity index (χ1n) is 9.24. The smallest absolute Gasteiger partial charge is 0.240 e. The van der Waals surface area contributed by atoms with Crippen molar-refractivity contribution in [3.05, 3.63) is 54.4 Å². The van der Waals surface area contributed by atoms with Crippen molar-refractivity contribution >= 4 is 21.1 Å². The van der Waals surface area contributed by atoms with Crippen LogP contribution in [0.3, 0.4) is 0 Å². The minimum absolute atomic E-state index is 0.245. The zero-order valence-corrected chi connectivity index (χ0v) is 16.3. The first-order chi connectivity index (χ1) is 13.1. The lowest BCUT2D eigenvalue weighted by atomic mass is 10.3. The van der Waals surface area contributed by atoms with Crippen LogP contribution in [0.15, 0.2) is 53.4 Å². The third kappa shape index (κ3) is 5.30. The Labute approximate surface area is 160 Å². The average Bonchev–Trinajstić information content (AvgIpc) is 3.09. The summed E-state index contributed by atoms with van der Waals surface area (Å²) in [5, 5.41) is 0. The van der Waals surface area contributed by atoms with Crippen LogP contribution >= 0.6 is 0 Å². The molecule has 2 aromatic carbocycles. The van der Waals surface area contributed by atoms with E-state index in [2.05, 4.69) is 21.6 Å². The normalized spacial score (nSPS) is 11.7. The van der Waals surface area contributed by atoms with Crippen molar-refractivity contribution < 1.29 is 13.2 Å². The molecule has 3 rings (SSSR count). The van der Waals surface area contributed by atoms with Gasteiger partial charge < -0.3 is 9.72 Å². The quantitative estimate of drug-likeness (QED) is 0.520. The molecule has 0 unspecified atom stereocenters. The van der Waals surface area contributed by atoms with Gasteiger partial charge in [-0.1, -0.05) is 25.5 Å². The van der Waals surface area contributed by atoms with Crippen LogP contribution in [0, 0.1) is 0 Å². The number of hydrogen-bond acceptors (Lipinski definition) is 4. The maximum absolute atomic E-state index is 12.4. The van der Waals surface area contributed by atoms with E-state index in [9.17, 15) is 8.42 Å². The molecule has 0 saturated heterocycles. The number of aryl methyl sites for hydroxylation is 1. The van der Waals surface area contributed by atoms with Gasteiger partial charge in [0.2, 0.25) is 10.0 Å². The highest BCUT2D eigenvalue weighted by atomic mass is 32.2. The third-order valence-corrected chi connectivity index (χ3v) is 5.70. The van der Waals surface area contributed by atoms with Gasteiger partial charge in [-0.2, -0.15) is 0 Å². The number of rotatable bonds is 10. The van der Waals surface area contributed by atoms with Crippen molar-refractivity contribution in [2.24, 2.45) is 0 Å². The Morgan fingerprint density at radius 3 is 2.59 bits per heavy atom. The molecule has 1 heterocycles. The van der Waals surface area contributed by atoms with Gasteiger partial charge in [0, 0.05) is 13.0 Å². The highest BCUT2D eigenvalue weighted by Crippen LogP contribution is 2.16. The van der Waals surface area contributed by atoms with E-state index >= 15 is 0 Å². The van der Waals surface area contributed by atoms with Crippen molar-refractivity contribution in [1.29, 1.82) is 0 Å². The summed E-state index contributed by atoms with van der Waals surface area (Å²) in [6, 6.07) is 14.4. The fourth-order valence-electron chi connectivity index (χ4n) is 2.72.